The highest BCUT2D eigenvalue weighted by molar-refractivity contribution is 7.98. The largest absolute Gasteiger partial charge is 0.316 e. The van der Waals surface area contributed by atoms with Gasteiger partial charge in [-0.05, 0) is 36.6 Å². The van der Waals surface area contributed by atoms with Crippen molar-refractivity contribution in [2.24, 2.45) is 0 Å². The van der Waals surface area contributed by atoms with E-state index in [-0.39, 0.29) is 11.7 Å². The van der Waals surface area contributed by atoms with Crippen LogP contribution in [0, 0.1) is 5.82 Å². The van der Waals surface area contributed by atoms with Gasteiger partial charge < -0.3 is 5.32 Å². The minimum absolute atomic E-state index is 0.0773. The summed E-state index contributed by atoms with van der Waals surface area (Å²) in [5, 5.41) is 3.31. The van der Waals surface area contributed by atoms with E-state index >= 15 is 0 Å². The first kappa shape index (κ1) is 13.5. The van der Waals surface area contributed by atoms with Crippen LogP contribution in [0.2, 0.25) is 0 Å². The molecule has 1 N–H and O–H groups in total. The summed E-state index contributed by atoms with van der Waals surface area (Å²) in [5.74, 6) is 1.28. The van der Waals surface area contributed by atoms with Gasteiger partial charge >= 0.3 is 0 Å². The van der Waals surface area contributed by atoms with Crippen LogP contribution in [0.1, 0.15) is 24.8 Å². The molecule has 0 heterocycles. The van der Waals surface area contributed by atoms with Crippen molar-refractivity contribution in [2.75, 3.05) is 25.1 Å². The van der Waals surface area contributed by atoms with Gasteiger partial charge in [-0.1, -0.05) is 25.1 Å². The molecule has 90 valence electrons. The van der Waals surface area contributed by atoms with Crippen molar-refractivity contribution in [2.45, 2.75) is 19.3 Å². The van der Waals surface area contributed by atoms with Gasteiger partial charge in [-0.3, -0.25) is 0 Å². The number of rotatable bonds is 7. The zero-order valence-electron chi connectivity index (χ0n) is 10.0. The lowest BCUT2D eigenvalue weighted by Gasteiger charge is -2.17. The van der Waals surface area contributed by atoms with Crippen molar-refractivity contribution in [1.82, 2.24) is 5.32 Å². The molecule has 0 aliphatic carbocycles. The Morgan fingerprint density at radius 1 is 1.38 bits per heavy atom. The van der Waals surface area contributed by atoms with Gasteiger partial charge in [0.05, 0.1) is 0 Å². The van der Waals surface area contributed by atoms with Crippen LogP contribution in [-0.4, -0.2) is 25.1 Å². The van der Waals surface area contributed by atoms with Gasteiger partial charge in [-0.15, -0.1) is 0 Å². The van der Waals surface area contributed by atoms with Crippen molar-refractivity contribution < 1.29 is 4.39 Å². The summed E-state index contributed by atoms with van der Waals surface area (Å²) in [7, 11) is 0. The molecule has 1 nitrogen and oxygen atoms in total. The Morgan fingerprint density at radius 3 is 2.75 bits per heavy atom. The average molecular weight is 241 g/mol. The second-order valence-corrected chi connectivity index (χ2v) is 4.79. The minimum atomic E-state index is -0.0773. The lowest BCUT2D eigenvalue weighted by atomic mass is 9.96. The Balaban J connectivity index is 2.70. The molecular weight excluding hydrogens is 221 g/mol. The molecule has 16 heavy (non-hydrogen) atoms. The fourth-order valence-corrected chi connectivity index (χ4v) is 2.27. The molecule has 0 aromatic heterocycles. The maximum atomic E-state index is 13.7. The molecule has 0 aliphatic heterocycles. The molecule has 1 aromatic carbocycles. The van der Waals surface area contributed by atoms with Crippen molar-refractivity contribution in [3.05, 3.63) is 35.6 Å². The second kappa shape index (κ2) is 7.69. The van der Waals surface area contributed by atoms with E-state index in [1.807, 2.05) is 23.9 Å². The Bertz CT molecular complexity index is 296. The second-order valence-electron chi connectivity index (χ2n) is 3.81. The zero-order valence-corrected chi connectivity index (χ0v) is 10.8. The molecule has 1 aromatic rings. The highest BCUT2D eigenvalue weighted by Crippen LogP contribution is 2.23. The number of benzene rings is 1. The monoisotopic (exact) mass is 241 g/mol. The third-order valence-electron chi connectivity index (χ3n) is 2.66. The first-order chi connectivity index (χ1) is 7.79. The molecule has 0 spiro atoms. The molecular formula is C13H20FNS. The van der Waals surface area contributed by atoms with Gasteiger partial charge in [0, 0.05) is 12.5 Å². The summed E-state index contributed by atoms with van der Waals surface area (Å²) in [6, 6.07) is 7.11. The smallest absolute Gasteiger partial charge is 0.126 e. The molecule has 0 amide bonds. The molecule has 0 aliphatic rings. The van der Waals surface area contributed by atoms with E-state index in [4.69, 9.17) is 0 Å². The number of nitrogens with one attached hydrogen (secondary N) is 1. The van der Waals surface area contributed by atoms with Crippen LogP contribution in [0.5, 0.6) is 0 Å². The maximum absolute atomic E-state index is 13.7. The molecule has 3 heteroatoms. The fraction of sp³-hybridized carbons (Fsp3) is 0.538. The van der Waals surface area contributed by atoms with Crippen LogP contribution in [0.3, 0.4) is 0 Å². The summed E-state index contributed by atoms with van der Waals surface area (Å²) in [5.41, 5.74) is 0.845. The van der Waals surface area contributed by atoms with Gasteiger partial charge in [-0.25, -0.2) is 4.39 Å². The molecule has 1 unspecified atom stereocenters. The summed E-state index contributed by atoms with van der Waals surface area (Å²) in [6.07, 6.45) is 3.11. The number of hydrogen-bond donors (Lipinski definition) is 1. The van der Waals surface area contributed by atoms with Crippen LogP contribution in [0.25, 0.3) is 0 Å². The highest BCUT2D eigenvalue weighted by atomic mass is 32.2. The van der Waals surface area contributed by atoms with Crippen molar-refractivity contribution in [3.8, 4) is 0 Å². The maximum Gasteiger partial charge on any atom is 0.126 e. The number of hydrogen-bond acceptors (Lipinski definition) is 2. The van der Waals surface area contributed by atoms with E-state index in [9.17, 15) is 4.39 Å². The normalized spacial score (nSPS) is 12.7. The van der Waals surface area contributed by atoms with Gasteiger partial charge in [0.1, 0.15) is 5.82 Å². The summed E-state index contributed by atoms with van der Waals surface area (Å²) < 4.78 is 13.7. The van der Waals surface area contributed by atoms with E-state index in [0.717, 1.165) is 30.8 Å². The summed E-state index contributed by atoms with van der Waals surface area (Å²) in [6.45, 7) is 3.87. The molecule has 0 bridgehead atoms. The van der Waals surface area contributed by atoms with E-state index in [0.29, 0.717) is 0 Å². The first-order valence-corrected chi connectivity index (χ1v) is 7.13. The predicted molar refractivity (Wildman–Crippen MR) is 70.7 cm³/mol. The lowest BCUT2D eigenvalue weighted by molar-refractivity contribution is 0.539. The molecule has 0 saturated carbocycles. The van der Waals surface area contributed by atoms with Gasteiger partial charge in [0.25, 0.3) is 0 Å². The minimum Gasteiger partial charge on any atom is -0.316 e. The van der Waals surface area contributed by atoms with E-state index < -0.39 is 0 Å². The third kappa shape index (κ3) is 4.14. The number of halogens is 1. The number of likely N-dealkylation sites (N-methyl/N-ethyl adjacent to an activating group) is 1. The molecule has 0 fully saturated rings. The van der Waals surface area contributed by atoms with Crippen LogP contribution in [-0.2, 0) is 0 Å². The Labute approximate surface area is 102 Å². The predicted octanol–water partition coefficient (Wildman–Crippen LogP) is 3.27. The van der Waals surface area contributed by atoms with Crippen molar-refractivity contribution >= 4 is 11.8 Å². The quantitative estimate of drug-likeness (QED) is 0.786. The lowest BCUT2D eigenvalue weighted by Crippen LogP contribution is -2.22. The molecule has 0 saturated heterocycles. The molecule has 0 radical (unpaired) electrons. The molecule has 1 atom stereocenters. The van der Waals surface area contributed by atoms with Gasteiger partial charge in [0.15, 0.2) is 0 Å². The SMILES string of the molecule is CCNCC(CCSC)c1ccccc1F. The highest BCUT2D eigenvalue weighted by Gasteiger charge is 2.14. The van der Waals surface area contributed by atoms with Crippen LogP contribution < -0.4 is 5.32 Å². The summed E-state index contributed by atoms with van der Waals surface area (Å²) in [4.78, 5) is 0. The van der Waals surface area contributed by atoms with Gasteiger partial charge in [-0.2, -0.15) is 11.8 Å². The summed E-state index contributed by atoms with van der Waals surface area (Å²) >= 11 is 1.81. The zero-order chi connectivity index (χ0) is 11.8. The Hall–Kier alpha value is -0.540. The first-order valence-electron chi connectivity index (χ1n) is 5.73. The van der Waals surface area contributed by atoms with Crippen LogP contribution in [0.15, 0.2) is 24.3 Å². The molecule has 1 rings (SSSR count). The van der Waals surface area contributed by atoms with Crippen molar-refractivity contribution in [3.63, 3.8) is 0 Å². The Kier molecular flexibility index (Phi) is 6.50. The van der Waals surface area contributed by atoms with Crippen LogP contribution in [0.4, 0.5) is 4.39 Å². The van der Waals surface area contributed by atoms with E-state index in [1.54, 1.807) is 12.1 Å². The van der Waals surface area contributed by atoms with Gasteiger partial charge in [0.2, 0.25) is 0 Å². The van der Waals surface area contributed by atoms with E-state index in [1.165, 1.54) is 0 Å². The standard InChI is InChI=1S/C13H20FNS/c1-3-15-10-11(8-9-16-2)12-6-4-5-7-13(12)14/h4-7,11,15H,3,8-10H2,1-2H3. The Morgan fingerprint density at radius 2 is 2.12 bits per heavy atom. The fourth-order valence-electron chi connectivity index (χ4n) is 1.75. The topological polar surface area (TPSA) is 12.0 Å². The van der Waals surface area contributed by atoms with Crippen molar-refractivity contribution in [1.29, 1.82) is 0 Å². The third-order valence-corrected chi connectivity index (χ3v) is 3.30. The van der Waals surface area contributed by atoms with E-state index in [2.05, 4.69) is 18.5 Å². The van der Waals surface area contributed by atoms with Crippen LogP contribution >= 0.6 is 11.8 Å². The average Bonchev–Trinajstić information content (AvgIpc) is 2.31. The number of thioether (sulfide) groups is 1.